The highest BCUT2D eigenvalue weighted by atomic mass is 35.5. The summed E-state index contributed by atoms with van der Waals surface area (Å²) in [5.74, 6) is 0.919. The lowest BCUT2D eigenvalue weighted by Crippen LogP contribution is -2.43. The number of piperidine rings is 1. The van der Waals surface area contributed by atoms with Crippen LogP contribution < -0.4 is 4.74 Å². The van der Waals surface area contributed by atoms with Crippen LogP contribution in [0, 0.1) is 0 Å². The Bertz CT molecular complexity index is 921. The molecule has 4 heteroatoms. The molecular formula is C27H33ClN2O. The fourth-order valence-corrected chi connectivity index (χ4v) is 4.40. The highest BCUT2D eigenvalue weighted by Gasteiger charge is 2.23. The zero-order valence-corrected chi connectivity index (χ0v) is 19.4. The van der Waals surface area contributed by atoms with Gasteiger partial charge in [0.2, 0.25) is 0 Å². The highest BCUT2D eigenvalue weighted by Crippen LogP contribution is 2.30. The van der Waals surface area contributed by atoms with Gasteiger partial charge < -0.3 is 9.64 Å². The Balaban J connectivity index is 0.00000272. The van der Waals surface area contributed by atoms with E-state index < -0.39 is 0 Å². The molecule has 4 rings (SSSR count). The molecule has 3 aromatic carbocycles. The molecule has 3 nitrogen and oxygen atoms in total. The standard InChI is InChI=1S/C27H32N2O.ClH/c1-28-18-16-25(17-19-28)29(20-22-8-4-3-5-9-22)21-23-12-14-24(15-13-23)26-10-6-7-11-27(26)30-2;/h3-15,25H,16-21H2,1-2H3;1H. The summed E-state index contributed by atoms with van der Waals surface area (Å²) in [6, 6.07) is 28.7. The SMILES string of the molecule is COc1ccccc1-c1ccc(CN(Cc2ccccc2)C2CCN(C)CC2)cc1.Cl. The Morgan fingerprint density at radius 3 is 2.03 bits per heavy atom. The van der Waals surface area contributed by atoms with Crippen molar-refractivity contribution in [1.29, 1.82) is 0 Å². The molecule has 31 heavy (non-hydrogen) atoms. The third-order valence-electron chi connectivity index (χ3n) is 6.19. The molecule has 3 aromatic rings. The second-order valence-electron chi connectivity index (χ2n) is 8.32. The van der Waals surface area contributed by atoms with Crippen LogP contribution in [-0.4, -0.2) is 43.1 Å². The van der Waals surface area contributed by atoms with Gasteiger partial charge in [0.25, 0.3) is 0 Å². The Kier molecular flexibility index (Phi) is 8.53. The van der Waals surface area contributed by atoms with Gasteiger partial charge in [-0.05, 0) is 55.7 Å². The molecule has 0 spiro atoms. The van der Waals surface area contributed by atoms with Crippen LogP contribution >= 0.6 is 12.4 Å². The first-order valence-electron chi connectivity index (χ1n) is 10.9. The maximum Gasteiger partial charge on any atom is 0.126 e. The smallest absolute Gasteiger partial charge is 0.126 e. The van der Waals surface area contributed by atoms with Gasteiger partial charge in [0.1, 0.15) is 5.75 Å². The van der Waals surface area contributed by atoms with Gasteiger partial charge in [-0.1, -0.05) is 72.8 Å². The fraction of sp³-hybridized carbons (Fsp3) is 0.333. The maximum atomic E-state index is 5.54. The molecule has 1 heterocycles. The fourth-order valence-electron chi connectivity index (χ4n) is 4.40. The van der Waals surface area contributed by atoms with Crippen LogP contribution in [0.5, 0.6) is 5.75 Å². The van der Waals surface area contributed by atoms with Crippen LogP contribution in [0.1, 0.15) is 24.0 Å². The van der Waals surface area contributed by atoms with Gasteiger partial charge in [0, 0.05) is 24.7 Å². The average Bonchev–Trinajstić information content (AvgIpc) is 2.80. The van der Waals surface area contributed by atoms with E-state index in [0.29, 0.717) is 6.04 Å². The van der Waals surface area contributed by atoms with E-state index in [1.165, 1.54) is 42.6 Å². The molecule has 0 saturated carbocycles. The molecular weight excluding hydrogens is 404 g/mol. The van der Waals surface area contributed by atoms with Crippen LogP contribution in [0.2, 0.25) is 0 Å². The number of rotatable bonds is 7. The minimum absolute atomic E-state index is 0. The molecule has 1 aliphatic rings. The quantitative estimate of drug-likeness (QED) is 0.460. The molecule has 0 aliphatic carbocycles. The van der Waals surface area contributed by atoms with Crippen molar-refractivity contribution in [3.63, 3.8) is 0 Å². The summed E-state index contributed by atoms with van der Waals surface area (Å²) < 4.78 is 5.54. The predicted molar refractivity (Wildman–Crippen MR) is 132 cm³/mol. The lowest BCUT2D eigenvalue weighted by molar-refractivity contribution is 0.108. The normalized spacial score (nSPS) is 14.9. The first kappa shape index (κ1) is 23.3. The summed E-state index contributed by atoms with van der Waals surface area (Å²) in [7, 11) is 3.96. The van der Waals surface area contributed by atoms with Gasteiger partial charge in [0.15, 0.2) is 0 Å². The number of halogens is 1. The van der Waals surface area contributed by atoms with E-state index in [1.807, 2.05) is 12.1 Å². The van der Waals surface area contributed by atoms with Crippen LogP contribution in [0.25, 0.3) is 11.1 Å². The second-order valence-corrected chi connectivity index (χ2v) is 8.32. The van der Waals surface area contributed by atoms with Crippen molar-refractivity contribution >= 4 is 12.4 Å². The van der Waals surface area contributed by atoms with E-state index in [1.54, 1.807) is 7.11 Å². The van der Waals surface area contributed by atoms with E-state index in [9.17, 15) is 0 Å². The van der Waals surface area contributed by atoms with E-state index in [4.69, 9.17) is 4.74 Å². The Morgan fingerprint density at radius 1 is 0.806 bits per heavy atom. The summed E-state index contributed by atoms with van der Waals surface area (Å²) in [5, 5.41) is 0. The minimum Gasteiger partial charge on any atom is -0.496 e. The summed E-state index contributed by atoms with van der Waals surface area (Å²) in [5.41, 5.74) is 5.10. The molecule has 0 amide bonds. The molecule has 164 valence electrons. The number of ether oxygens (including phenoxy) is 1. The molecule has 0 N–H and O–H groups in total. The van der Waals surface area contributed by atoms with Crippen molar-refractivity contribution in [3.05, 3.63) is 90.0 Å². The molecule has 0 atom stereocenters. The van der Waals surface area contributed by atoms with Crippen molar-refractivity contribution in [3.8, 4) is 16.9 Å². The van der Waals surface area contributed by atoms with E-state index in [-0.39, 0.29) is 12.4 Å². The van der Waals surface area contributed by atoms with Gasteiger partial charge in [-0.3, -0.25) is 4.90 Å². The second kappa shape index (κ2) is 11.3. The van der Waals surface area contributed by atoms with E-state index in [0.717, 1.165) is 24.4 Å². The highest BCUT2D eigenvalue weighted by molar-refractivity contribution is 5.85. The summed E-state index contributed by atoms with van der Waals surface area (Å²) in [6.45, 7) is 4.35. The Hall–Kier alpha value is -2.33. The molecule has 1 aliphatic heterocycles. The van der Waals surface area contributed by atoms with Gasteiger partial charge in [-0.2, -0.15) is 0 Å². The van der Waals surface area contributed by atoms with Crippen LogP contribution in [0.3, 0.4) is 0 Å². The van der Waals surface area contributed by atoms with Gasteiger partial charge >= 0.3 is 0 Å². The number of methoxy groups -OCH3 is 1. The summed E-state index contributed by atoms with van der Waals surface area (Å²) in [4.78, 5) is 5.11. The average molecular weight is 437 g/mol. The third kappa shape index (κ3) is 6.10. The van der Waals surface area contributed by atoms with Gasteiger partial charge in [-0.25, -0.2) is 0 Å². The molecule has 1 saturated heterocycles. The van der Waals surface area contributed by atoms with Crippen LogP contribution in [0.15, 0.2) is 78.9 Å². The van der Waals surface area contributed by atoms with Gasteiger partial charge in [0.05, 0.1) is 7.11 Å². The monoisotopic (exact) mass is 436 g/mol. The summed E-state index contributed by atoms with van der Waals surface area (Å²) in [6.07, 6.45) is 2.48. The molecule has 1 fully saturated rings. The van der Waals surface area contributed by atoms with Crippen molar-refractivity contribution < 1.29 is 4.74 Å². The van der Waals surface area contributed by atoms with Crippen LogP contribution in [0.4, 0.5) is 0 Å². The van der Waals surface area contributed by atoms with E-state index >= 15 is 0 Å². The largest absolute Gasteiger partial charge is 0.496 e. The van der Waals surface area contributed by atoms with Crippen molar-refractivity contribution in [2.45, 2.75) is 32.0 Å². The van der Waals surface area contributed by atoms with Gasteiger partial charge in [-0.15, -0.1) is 12.4 Å². The minimum atomic E-state index is 0. The zero-order valence-electron chi connectivity index (χ0n) is 18.5. The third-order valence-corrected chi connectivity index (χ3v) is 6.19. The lowest BCUT2D eigenvalue weighted by Gasteiger charge is -2.37. The van der Waals surface area contributed by atoms with Crippen molar-refractivity contribution in [1.82, 2.24) is 9.80 Å². The number of nitrogens with zero attached hydrogens (tertiary/aromatic N) is 2. The summed E-state index contributed by atoms with van der Waals surface area (Å²) >= 11 is 0. The maximum absolute atomic E-state index is 5.54. The number of likely N-dealkylation sites (tertiary alicyclic amines) is 1. The van der Waals surface area contributed by atoms with Crippen molar-refractivity contribution in [2.24, 2.45) is 0 Å². The first-order chi connectivity index (χ1) is 14.7. The number of hydrogen-bond acceptors (Lipinski definition) is 3. The topological polar surface area (TPSA) is 15.7 Å². The van der Waals surface area contributed by atoms with E-state index in [2.05, 4.69) is 83.6 Å². The van der Waals surface area contributed by atoms with Crippen LogP contribution in [-0.2, 0) is 13.1 Å². The zero-order chi connectivity index (χ0) is 20.8. The first-order valence-corrected chi connectivity index (χ1v) is 10.9. The molecule has 0 aromatic heterocycles. The molecule has 0 radical (unpaired) electrons. The lowest BCUT2D eigenvalue weighted by atomic mass is 10.00. The number of hydrogen-bond donors (Lipinski definition) is 0. The van der Waals surface area contributed by atoms with Crippen molar-refractivity contribution in [2.75, 3.05) is 27.2 Å². The Morgan fingerprint density at radius 2 is 1.39 bits per heavy atom. The predicted octanol–water partition coefficient (Wildman–Crippen LogP) is 5.88. The number of benzene rings is 3. The molecule has 0 unspecified atom stereocenters. The Labute approximate surface area is 193 Å². The number of para-hydroxylation sites is 1. The molecule has 0 bridgehead atoms.